The van der Waals surface area contributed by atoms with Crippen molar-refractivity contribution in [3.8, 4) is 23.0 Å². The molecule has 4 aromatic heterocycles. The molecule has 0 amide bonds. The van der Waals surface area contributed by atoms with E-state index >= 15 is 0 Å². The number of nitrogens with zero attached hydrogens (tertiary/aromatic N) is 6. The van der Waals surface area contributed by atoms with Crippen molar-refractivity contribution in [3.63, 3.8) is 0 Å². The number of benzene rings is 2. The molecule has 0 radical (unpaired) electrons. The predicted octanol–water partition coefficient (Wildman–Crippen LogP) is 5.11. The molecule has 0 unspecified atom stereocenters. The van der Waals surface area contributed by atoms with Crippen LogP contribution in [-0.2, 0) is 34.7 Å². The van der Waals surface area contributed by atoms with Crippen LogP contribution in [0.2, 0.25) is 0 Å². The summed E-state index contributed by atoms with van der Waals surface area (Å²) < 4.78 is 102. The van der Waals surface area contributed by atoms with E-state index in [2.05, 4.69) is 30.6 Å². The molecule has 6 heterocycles. The molecule has 0 aliphatic carbocycles. The van der Waals surface area contributed by atoms with Crippen LogP contribution in [0, 0.1) is 23.3 Å². The molecule has 8 rings (SSSR count). The number of sulfone groups is 1. The Hall–Kier alpha value is -5.96. The summed E-state index contributed by atoms with van der Waals surface area (Å²) >= 11 is 0. The zero-order valence-corrected chi connectivity index (χ0v) is 33.1. The highest BCUT2D eigenvalue weighted by atomic mass is 32.2. The number of aryl methyl sites for hydroxylation is 2. The SMILES string of the molecule is Cn1c(=O)c(Oc2ccc(F)cc2F)cc2cnc(NC3CCS(=O)(=O)CC3)nc21.Cn1c(=O)c(Oc2ccc(F)cc2F)cc2cnc(NC3CCS(=O)CC3)nc21. The summed E-state index contributed by atoms with van der Waals surface area (Å²) in [5.74, 6) is -1.97. The third-order valence-corrected chi connectivity index (χ3v) is 12.8. The van der Waals surface area contributed by atoms with Crippen LogP contribution < -0.4 is 31.2 Å². The van der Waals surface area contributed by atoms with Crippen molar-refractivity contribution in [1.82, 2.24) is 29.1 Å². The predicted molar refractivity (Wildman–Crippen MR) is 212 cm³/mol. The number of rotatable bonds is 8. The molecule has 0 atom stereocenters. The van der Waals surface area contributed by atoms with Gasteiger partial charge in [0, 0.05) is 83.8 Å². The first-order valence-corrected chi connectivity index (χ1v) is 21.5. The minimum absolute atomic E-state index is 0.0768. The second-order valence-electron chi connectivity index (χ2n) is 13.9. The van der Waals surface area contributed by atoms with Crippen LogP contribution in [0.1, 0.15) is 25.7 Å². The number of pyridine rings is 2. The van der Waals surface area contributed by atoms with Crippen molar-refractivity contribution in [3.05, 3.63) is 105 Å². The van der Waals surface area contributed by atoms with E-state index in [1.807, 2.05) is 0 Å². The number of nitrogens with one attached hydrogen (secondary N) is 2. The molecule has 2 aliphatic rings. The fourth-order valence-corrected chi connectivity index (χ4v) is 9.20. The number of halogens is 4. The van der Waals surface area contributed by atoms with E-state index in [1.165, 1.54) is 41.6 Å². The molecular formula is C38H36F4N8O7S2. The Morgan fingerprint density at radius 3 is 1.51 bits per heavy atom. The first-order valence-electron chi connectivity index (χ1n) is 18.2. The summed E-state index contributed by atoms with van der Waals surface area (Å²) in [5, 5.41) is 7.33. The number of hydrogen-bond acceptors (Lipinski definition) is 13. The molecule has 59 heavy (non-hydrogen) atoms. The molecule has 21 heteroatoms. The number of anilines is 2. The van der Waals surface area contributed by atoms with Gasteiger partial charge in [0.25, 0.3) is 11.1 Å². The Kier molecular flexibility index (Phi) is 11.9. The van der Waals surface area contributed by atoms with Crippen LogP contribution in [0.4, 0.5) is 29.5 Å². The highest BCUT2D eigenvalue weighted by molar-refractivity contribution is 7.91. The molecule has 2 aromatic carbocycles. The van der Waals surface area contributed by atoms with E-state index in [0.717, 1.165) is 37.1 Å². The van der Waals surface area contributed by atoms with Gasteiger partial charge < -0.3 is 20.1 Å². The third kappa shape index (κ3) is 9.68. The van der Waals surface area contributed by atoms with E-state index in [4.69, 9.17) is 9.47 Å². The van der Waals surface area contributed by atoms with Gasteiger partial charge in [0.1, 0.15) is 32.8 Å². The molecule has 2 saturated heterocycles. The number of hydrogen-bond donors (Lipinski definition) is 2. The molecule has 0 bridgehead atoms. The van der Waals surface area contributed by atoms with E-state index in [0.29, 0.717) is 64.5 Å². The maximum absolute atomic E-state index is 13.9. The lowest BCUT2D eigenvalue weighted by Crippen LogP contribution is -2.32. The van der Waals surface area contributed by atoms with Gasteiger partial charge in [-0.1, -0.05) is 0 Å². The average molecular weight is 857 g/mol. The minimum Gasteiger partial charge on any atom is -0.448 e. The monoisotopic (exact) mass is 856 g/mol. The van der Waals surface area contributed by atoms with Crippen LogP contribution in [0.3, 0.4) is 0 Å². The van der Waals surface area contributed by atoms with Gasteiger partial charge in [-0.25, -0.2) is 35.9 Å². The van der Waals surface area contributed by atoms with Crippen LogP contribution >= 0.6 is 0 Å². The third-order valence-electron chi connectivity index (χ3n) is 9.67. The van der Waals surface area contributed by atoms with Crippen molar-refractivity contribution < 1.29 is 39.7 Å². The van der Waals surface area contributed by atoms with Crippen LogP contribution in [0.25, 0.3) is 22.1 Å². The standard InChI is InChI=1S/C19H18F2N4O4S.C19H18F2N4O3S/c1-25-17-11(8-16(18(25)26)29-15-3-2-12(20)9-14(15)21)10-22-19(24-17)23-13-4-6-30(27,28)7-5-13;1-25-17-11(10-22-19(24-17)23-13-4-6-29(27)7-5-13)8-16(18(25)26)28-15-3-2-12(20)9-14(15)21/h2-3,8-10,13H,4-7H2,1H3,(H,22,23,24);2-3,8-10,13H,4-7H2,1H3,(H,22,23,24). The summed E-state index contributed by atoms with van der Waals surface area (Å²) in [6.45, 7) is 0. The van der Waals surface area contributed by atoms with Crippen molar-refractivity contribution >= 4 is 54.6 Å². The molecule has 2 aliphatic heterocycles. The van der Waals surface area contributed by atoms with Gasteiger partial charge in [-0.3, -0.25) is 22.9 Å². The Balaban J connectivity index is 0.000000179. The molecule has 310 valence electrons. The molecular weight excluding hydrogens is 821 g/mol. The molecule has 0 spiro atoms. The summed E-state index contributed by atoms with van der Waals surface area (Å²) in [6, 6.07) is 8.51. The van der Waals surface area contributed by atoms with Gasteiger partial charge in [0.05, 0.1) is 11.5 Å². The number of ether oxygens (including phenoxy) is 2. The lowest BCUT2D eigenvalue weighted by Gasteiger charge is -2.23. The first kappa shape index (κ1) is 41.2. The Labute approximate surface area is 335 Å². The highest BCUT2D eigenvalue weighted by Crippen LogP contribution is 2.27. The van der Waals surface area contributed by atoms with Gasteiger partial charge >= 0.3 is 0 Å². The van der Waals surface area contributed by atoms with Crippen molar-refractivity contribution in [2.75, 3.05) is 33.6 Å². The lowest BCUT2D eigenvalue weighted by atomic mass is 10.2. The van der Waals surface area contributed by atoms with E-state index in [9.17, 15) is 39.8 Å². The molecule has 0 saturated carbocycles. The summed E-state index contributed by atoms with van der Waals surface area (Å²) in [5.41, 5.74) is -0.356. The quantitative estimate of drug-likeness (QED) is 0.193. The summed E-state index contributed by atoms with van der Waals surface area (Å²) in [7, 11) is -0.722. The van der Waals surface area contributed by atoms with Crippen LogP contribution in [0.5, 0.6) is 23.0 Å². The van der Waals surface area contributed by atoms with Crippen molar-refractivity contribution in [2.24, 2.45) is 14.1 Å². The summed E-state index contributed by atoms with van der Waals surface area (Å²) in [6.07, 6.45) is 5.47. The zero-order chi connectivity index (χ0) is 42.0. The molecule has 15 nitrogen and oxygen atoms in total. The van der Waals surface area contributed by atoms with Gasteiger partial charge in [0.2, 0.25) is 11.9 Å². The van der Waals surface area contributed by atoms with E-state index in [-0.39, 0.29) is 52.5 Å². The maximum atomic E-state index is 13.9. The minimum atomic E-state index is -2.98. The van der Waals surface area contributed by atoms with Crippen molar-refractivity contribution in [2.45, 2.75) is 37.8 Å². The molecule has 2 N–H and O–H groups in total. The fourth-order valence-electron chi connectivity index (χ4n) is 6.41. The second-order valence-corrected chi connectivity index (χ2v) is 17.9. The Bertz CT molecular complexity index is 2820. The normalized spacial score (nSPS) is 17.9. The fraction of sp³-hybridized carbons (Fsp3) is 0.316. The Morgan fingerprint density at radius 2 is 1.08 bits per heavy atom. The van der Waals surface area contributed by atoms with Gasteiger partial charge in [-0.2, -0.15) is 9.97 Å². The number of aromatic nitrogens is 6. The van der Waals surface area contributed by atoms with Crippen molar-refractivity contribution in [1.29, 1.82) is 0 Å². The molecule has 6 aromatic rings. The first-order chi connectivity index (χ1) is 28.1. The van der Waals surface area contributed by atoms with E-state index in [1.54, 1.807) is 6.20 Å². The zero-order valence-electron chi connectivity index (χ0n) is 31.5. The molecule has 2 fully saturated rings. The van der Waals surface area contributed by atoms with Gasteiger partial charge in [0.15, 0.2) is 34.6 Å². The highest BCUT2D eigenvalue weighted by Gasteiger charge is 2.25. The van der Waals surface area contributed by atoms with E-state index < -0.39 is 55.0 Å². The van der Waals surface area contributed by atoms with Crippen LogP contribution in [-0.4, -0.2) is 76.8 Å². The smallest absolute Gasteiger partial charge is 0.294 e. The Morgan fingerprint density at radius 1 is 0.661 bits per heavy atom. The van der Waals surface area contributed by atoms with Gasteiger partial charge in [-0.05, 0) is 62.1 Å². The van der Waals surface area contributed by atoms with Crippen LogP contribution in [0.15, 0.2) is 70.5 Å². The number of fused-ring (bicyclic) bond motifs is 2. The lowest BCUT2D eigenvalue weighted by molar-refractivity contribution is 0.430. The van der Waals surface area contributed by atoms with Gasteiger partial charge in [-0.15, -0.1) is 0 Å². The topological polar surface area (TPSA) is 189 Å². The largest absolute Gasteiger partial charge is 0.448 e. The second kappa shape index (κ2) is 17.1. The summed E-state index contributed by atoms with van der Waals surface area (Å²) in [4.78, 5) is 42.5. The average Bonchev–Trinajstić information content (AvgIpc) is 3.20. The maximum Gasteiger partial charge on any atom is 0.294 e.